The zero-order chi connectivity index (χ0) is 11.6. The minimum Gasteiger partial charge on any atom is -0.369 e. The summed E-state index contributed by atoms with van der Waals surface area (Å²) in [5.74, 6) is -0.260. The van der Waals surface area contributed by atoms with Crippen LogP contribution < -0.4 is 11.1 Å². The first-order valence-electron chi connectivity index (χ1n) is 5.13. The van der Waals surface area contributed by atoms with Crippen molar-refractivity contribution in [2.45, 2.75) is 26.3 Å². The molecule has 5 heteroatoms. The fourth-order valence-corrected chi connectivity index (χ4v) is 1.48. The molecule has 1 heterocycles. The van der Waals surface area contributed by atoms with Crippen LogP contribution in [-0.2, 0) is 9.59 Å². The second-order valence-corrected chi connectivity index (χ2v) is 4.73. The Hall–Kier alpha value is -1.10. The average molecular weight is 213 g/mol. The maximum Gasteiger partial charge on any atom is 0.239 e. The van der Waals surface area contributed by atoms with Crippen LogP contribution in [0.1, 0.15) is 20.3 Å². The molecule has 1 saturated heterocycles. The number of rotatable bonds is 4. The summed E-state index contributed by atoms with van der Waals surface area (Å²) in [5.41, 5.74) is 4.63. The van der Waals surface area contributed by atoms with Crippen molar-refractivity contribution in [2.75, 3.05) is 20.1 Å². The number of primary amides is 1. The van der Waals surface area contributed by atoms with E-state index in [0.717, 1.165) is 13.0 Å². The van der Waals surface area contributed by atoms with Gasteiger partial charge in [0.15, 0.2) is 0 Å². The van der Waals surface area contributed by atoms with Crippen LogP contribution in [0.3, 0.4) is 0 Å². The van der Waals surface area contributed by atoms with Gasteiger partial charge in [-0.25, -0.2) is 0 Å². The van der Waals surface area contributed by atoms with Gasteiger partial charge in [0, 0.05) is 20.1 Å². The standard InChI is InChI=1S/C10H19N3O2/c1-10(2,9(11)15)6-12-7-4-5-13(3)8(7)14/h7,12H,4-6H2,1-3H3,(H2,11,15). The second kappa shape index (κ2) is 4.18. The Labute approximate surface area is 90.0 Å². The molecule has 0 radical (unpaired) electrons. The van der Waals surface area contributed by atoms with Gasteiger partial charge in [-0.2, -0.15) is 0 Å². The van der Waals surface area contributed by atoms with Gasteiger partial charge in [0.2, 0.25) is 11.8 Å². The van der Waals surface area contributed by atoms with Crippen molar-refractivity contribution in [1.29, 1.82) is 0 Å². The number of hydrogen-bond acceptors (Lipinski definition) is 3. The second-order valence-electron chi connectivity index (χ2n) is 4.73. The summed E-state index contributed by atoms with van der Waals surface area (Å²) in [6, 6.07) is -0.159. The highest BCUT2D eigenvalue weighted by molar-refractivity contribution is 5.84. The number of carbonyl (C=O) groups is 2. The van der Waals surface area contributed by atoms with E-state index < -0.39 is 5.41 Å². The summed E-state index contributed by atoms with van der Waals surface area (Å²) in [5, 5.41) is 3.09. The van der Waals surface area contributed by atoms with E-state index >= 15 is 0 Å². The number of nitrogens with zero attached hydrogens (tertiary/aromatic N) is 1. The molecule has 0 aromatic heterocycles. The molecule has 1 rings (SSSR count). The number of nitrogens with one attached hydrogen (secondary N) is 1. The largest absolute Gasteiger partial charge is 0.369 e. The molecule has 1 aliphatic heterocycles. The molecule has 86 valence electrons. The van der Waals surface area contributed by atoms with E-state index in [1.165, 1.54) is 0 Å². The highest BCUT2D eigenvalue weighted by Gasteiger charge is 2.32. The van der Waals surface area contributed by atoms with Crippen molar-refractivity contribution >= 4 is 11.8 Å². The van der Waals surface area contributed by atoms with E-state index in [9.17, 15) is 9.59 Å². The van der Waals surface area contributed by atoms with Crippen LogP contribution >= 0.6 is 0 Å². The summed E-state index contributed by atoms with van der Waals surface area (Å²) in [4.78, 5) is 24.3. The molecule has 1 fully saturated rings. The van der Waals surface area contributed by atoms with Crippen molar-refractivity contribution in [2.24, 2.45) is 11.1 Å². The number of likely N-dealkylation sites (tertiary alicyclic amines) is 1. The van der Waals surface area contributed by atoms with Crippen molar-refractivity contribution < 1.29 is 9.59 Å². The van der Waals surface area contributed by atoms with E-state index in [2.05, 4.69) is 5.32 Å². The maximum atomic E-state index is 11.5. The molecule has 1 aliphatic rings. The molecule has 0 aliphatic carbocycles. The quantitative estimate of drug-likeness (QED) is 0.649. The Morgan fingerprint density at radius 1 is 1.67 bits per heavy atom. The van der Waals surface area contributed by atoms with Gasteiger partial charge >= 0.3 is 0 Å². The summed E-state index contributed by atoms with van der Waals surface area (Å²) >= 11 is 0. The minimum atomic E-state index is -0.610. The van der Waals surface area contributed by atoms with Crippen molar-refractivity contribution in [3.05, 3.63) is 0 Å². The van der Waals surface area contributed by atoms with Gasteiger partial charge in [-0.3, -0.25) is 9.59 Å². The van der Waals surface area contributed by atoms with Crippen molar-refractivity contribution in [3.63, 3.8) is 0 Å². The molecule has 5 nitrogen and oxygen atoms in total. The summed E-state index contributed by atoms with van der Waals surface area (Å²) in [7, 11) is 1.78. The monoisotopic (exact) mass is 213 g/mol. The van der Waals surface area contributed by atoms with Gasteiger partial charge in [0.05, 0.1) is 11.5 Å². The third kappa shape index (κ3) is 2.68. The van der Waals surface area contributed by atoms with Gasteiger partial charge in [-0.05, 0) is 20.3 Å². The normalized spacial score (nSPS) is 22.2. The molecule has 1 unspecified atom stereocenters. The molecule has 2 amide bonds. The zero-order valence-corrected chi connectivity index (χ0v) is 9.54. The van der Waals surface area contributed by atoms with E-state index in [0.29, 0.717) is 6.54 Å². The van der Waals surface area contributed by atoms with Gasteiger partial charge in [-0.1, -0.05) is 0 Å². The van der Waals surface area contributed by atoms with Crippen LogP contribution in [0, 0.1) is 5.41 Å². The molecule has 0 saturated carbocycles. The third-order valence-corrected chi connectivity index (χ3v) is 2.88. The molecule has 15 heavy (non-hydrogen) atoms. The number of amides is 2. The lowest BCUT2D eigenvalue weighted by molar-refractivity contribution is -0.129. The summed E-state index contributed by atoms with van der Waals surface area (Å²) in [6.45, 7) is 4.75. The lowest BCUT2D eigenvalue weighted by atomic mass is 9.92. The van der Waals surface area contributed by atoms with Crippen LogP contribution in [0.4, 0.5) is 0 Å². The van der Waals surface area contributed by atoms with Crippen LogP contribution in [-0.4, -0.2) is 42.9 Å². The maximum absolute atomic E-state index is 11.5. The average Bonchev–Trinajstić information content (AvgIpc) is 2.45. The van der Waals surface area contributed by atoms with E-state index in [1.807, 2.05) is 0 Å². The molecule has 0 aromatic carbocycles. The van der Waals surface area contributed by atoms with Crippen LogP contribution in [0.15, 0.2) is 0 Å². The fraction of sp³-hybridized carbons (Fsp3) is 0.800. The Morgan fingerprint density at radius 3 is 2.67 bits per heavy atom. The predicted octanol–water partition coefficient (Wildman–Crippen LogP) is -0.682. The Kier molecular flexibility index (Phi) is 3.34. The van der Waals surface area contributed by atoms with Gasteiger partial charge in [0.25, 0.3) is 0 Å². The molecular formula is C10H19N3O2. The zero-order valence-electron chi connectivity index (χ0n) is 9.54. The smallest absolute Gasteiger partial charge is 0.239 e. The Balaban J connectivity index is 2.45. The van der Waals surface area contributed by atoms with Gasteiger partial charge in [0.1, 0.15) is 0 Å². The SMILES string of the molecule is CN1CCC(NCC(C)(C)C(N)=O)C1=O. The van der Waals surface area contributed by atoms with Gasteiger partial charge in [-0.15, -0.1) is 0 Å². The first kappa shape index (κ1) is 12.0. The fourth-order valence-electron chi connectivity index (χ4n) is 1.48. The molecular weight excluding hydrogens is 194 g/mol. The van der Waals surface area contributed by atoms with Crippen LogP contribution in [0.5, 0.6) is 0 Å². The number of nitrogens with two attached hydrogens (primary N) is 1. The first-order valence-corrected chi connectivity index (χ1v) is 5.13. The van der Waals surface area contributed by atoms with E-state index in [1.54, 1.807) is 25.8 Å². The lowest BCUT2D eigenvalue weighted by Gasteiger charge is -2.22. The lowest BCUT2D eigenvalue weighted by Crippen LogP contribution is -2.46. The Morgan fingerprint density at radius 2 is 2.27 bits per heavy atom. The molecule has 3 N–H and O–H groups in total. The summed E-state index contributed by atoms with van der Waals surface area (Å²) < 4.78 is 0. The van der Waals surface area contributed by atoms with E-state index in [4.69, 9.17) is 5.73 Å². The molecule has 1 atom stereocenters. The minimum absolute atomic E-state index is 0.0928. The van der Waals surface area contributed by atoms with E-state index in [-0.39, 0.29) is 17.9 Å². The molecule has 0 spiro atoms. The van der Waals surface area contributed by atoms with Crippen molar-refractivity contribution in [3.8, 4) is 0 Å². The summed E-state index contributed by atoms with van der Waals surface area (Å²) in [6.07, 6.45) is 0.796. The molecule has 0 bridgehead atoms. The first-order chi connectivity index (χ1) is 6.84. The number of likely N-dealkylation sites (N-methyl/N-ethyl adjacent to an activating group) is 1. The Bertz CT molecular complexity index is 276. The number of carbonyl (C=O) groups excluding carboxylic acids is 2. The highest BCUT2D eigenvalue weighted by atomic mass is 16.2. The predicted molar refractivity (Wildman–Crippen MR) is 57.0 cm³/mol. The van der Waals surface area contributed by atoms with Crippen LogP contribution in [0.2, 0.25) is 0 Å². The van der Waals surface area contributed by atoms with Gasteiger partial charge < -0.3 is 16.0 Å². The molecule has 0 aromatic rings. The third-order valence-electron chi connectivity index (χ3n) is 2.88. The van der Waals surface area contributed by atoms with Crippen LogP contribution in [0.25, 0.3) is 0 Å². The topological polar surface area (TPSA) is 75.4 Å². The van der Waals surface area contributed by atoms with Crippen molar-refractivity contribution in [1.82, 2.24) is 10.2 Å². The number of hydrogen-bond donors (Lipinski definition) is 2. The highest BCUT2D eigenvalue weighted by Crippen LogP contribution is 2.15.